The van der Waals surface area contributed by atoms with E-state index in [1.807, 2.05) is 69.2 Å². The van der Waals surface area contributed by atoms with Crippen LogP contribution in [0.2, 0.25) is 0 Å². The molecule has 0 saturated heterocycles. The molecule has 0 atom stereocenters. The molecule has 0 bridgehead atoms. The van der Waals surface area contributed by atoms with Crippen molar-refractivity contribution >= 4 is 17.3 Å². The first-order valence-electron chi connectivity index (χ1n) is 20.6. The zero-order chi connectivity index (χ0) is 47.7. The second-order valence-electron chi connectivity index (χ2n) is 18.1. The van der Waals surface area contributed by atoms with Crippen molar-refractivity contribution in [2.45, 2.75) is 69.2 Å². The summed E-state index contributed by atoms with van der Waals surface area (Å²) in [6, 6.07) is 28.4. The number of benzene rings is 6. The zero-order valence-corrected chi connectivity index (χ0v) is 38.0. The van der Waals surface area contributed by atoms with Gasteiger partial charge in [0.25, 0.3) is 0 Å². The molecule has 0 aromatic heterocycles. The van der Waals surface area contributed by atoms with E-state index in [2.05, 4.69) is 0 Å². The highest BCUT2D eigenvalue weighted by atomic mass is 16.5. The number of phenols is 6. The summed E-state index contributed by atoms with van der Waals surface area (Å²) in [6.45, 7) is 20.6. The van der Waals surface area contributed by atoms with Crippen LogP contribution in [0.3, 0.4) is 0 Å². The van der Waals surface area contributed by atoms with Gasteiger partial charge < -0.3 is 40.1 Å². The molecule has 6 rings (SSSR count). The Morgan fingerprint density at radius 1 is 0.359 bits per heavy atom. The molecule has 0 aliphatic heterocycles. The average Bonchev–Trinajstić information content (AvgIpc) is 3.19. The molecule has 336 valence electrons. The molecule has 0 aliphatic rings. The summed E-state index contributed by atoms with van der Waals surface area (Å²) in [4.78, 5) is 37.1. The molecule has 0 heterocycles. The fraction of sp³-hybridized carbons (Fsp3) is 0.264. The molecule has 0 unspecified atom stereocenters. The van der Waals surface area contributed by atoms with Gasteiger partial charge in [-0.05, 0) is 134 Å². The number of rotatable bonds is 10. The molecule has 6 N–H and O–H groups in total. The number of aryl methyl sites for hydroxylation is 4. The maximum absolute atomic E-state index is 12.7. The zero-order valence-electron chi connectivity index (χ0n) is 38.0. The van der Waals surface area contributed by atoms with Gasteiger partial charge in [0, 0.05) is 12.1 Å². The molecular formula is C53H58O11. The lowest BCUT2D eigenvalue weighted by Gasteiger charge is -2.19. The van der Waals surface area contributed by atoms with E-state index in [0.29, 0.717) is 24.7 Å². The normalized spacial score (nSPS) is 11.0. The molecule has 0 saturated carbocycles. The number of hydrogen-bond donors (Lipinski definition) is 6. The lowest BCUT2D eigenvalue weighted by molar-refractivity contribution is 0.102. The molecule has 64 heavy (non-hydrogen) atoms. The third kappa shape index (κ3) is 13.9. The first-order chi connectivity index (χ1) is 29.8. The quantitative estimate of drug-likeness (QED) is 0.0718. The fourth-order valence-electron chi connectivity index (χ4n) is 5.96. The number of ketones is 3. The van der Waals surface area contributed by atoms with Crippen molar-refractivity contribution in [1.82, 2.24) is 0 Å². The number of ether oxygens (including phenoxy) is 2. The molecule has 11 heteroatoms. The van der Waals surface area contributed by atoms with Gasteiger partial charge in [-0.3, -0.25) is 14.4 Å². The second kappa shape index (κ2) is 20.7. The van der Waals surface area contributed by atoms with Gasteiger partial charge in [-0.1, -0.05) is 65.8 Å². The molecule has 6 aromatic carbocycles. The van der Waals surface area contributed by atoms with E-state index in [0.717, 1.165) is 22.3 Å². The van der Waals surface area contributed by atoms with E-state index in [-0.39, 0.29) is 90.3 Å². The van der Waals surface area contributed by atoms with Crippen LogP contribution in [-0.4, -0.2) is 61.2 Å². The van der Waals surface area contributed by atoms with Crippen LogP contribution in [-0.2, 0) is 0 Å². The Morgan fingerprint density at radius 3 is 0.750 bits per heavy atom. The van der Waals surface area contributed by atoms with Crippen molar-refractivity contribution in [3.05, 3.63) is 165 Å². The molecule has 11 nitrogen and oxygen atoms in total. The Bertz CT molecular complexity index is 2360. The monoisotopic (exact) mass is 870 g/mol. The maximum atomic E-state index is 12.7. The van der Waals surface area contributed by atoms with Crippen LogP contribution in [0.5, 0.6) is 46.0 Å². The van der Waals surface area contributed by atoms with E-state index in [1.54, 1.807) is 60.7 Å². The summed E-state index contributed by atoms with van der Waals surface area (Å²) in [6.07, 6.45) is 0. The van der Waals surface area contributed by atoms with Gasteiger partial charge in [0.2, 0.25) is 0 Å². The molecule has 6 aromatic rings. The van der Waals surface area contributed by atoms with Gasteiger partial charge in [-0.15, -0.1) is 0 Å². The average molecular weight is 871 g/mol. The van der Waals surface area contributed by atoms with Crippen LogP contribution in [0.15, 0.2) is 109 Å². The van der Waals surface area contributed by atoms with Crippen molar-refractivity contribution in [3.63, 3.8) is 0 Å². The van der Waals surface area contributed by atoms with E-state index in [9.17, 15) is 45.0 Å². The van der Waals surface area contributed by atoms with Crippen LogP contribution in [0.4, 0.5) is 0 Å². The van der Waals surface area contributed by atoms with E-state index in [1.165, 1.54) is 48.5 Å². The summed E-state index contributed by atoms with van der Waals surface area (Å²) in [5.41, 5.74) is 4.42. The van der Waals surface area contributed by atoms with Crippen LogP contribution >= 0.6 is 0 Å². The maximum Gasteiger partial charge on any atom is 0.200 e. The molecule has 0 amide bonds. The minimum Gasteiger partial charge on any atom is -0.507 e. The first-order valence-corrected chi connectivity index (χ1v) is 20.6. The van der Waals surface area contributed by atoms with Crippen molar-refractivity contribution in [1.29, 1.82) is 0 Å². The number of carbonyl (C=O) groups is 3. The Morgan fingerprint density at radius 2 is 0.562 bits per heavy atom. The SMILES string of the molecule is CC(C)(C)COc1ccc(C(=O)c2ccc(OCC(C)(C)C)cc2O)c(O)c1.Cc1ccc(C(=O)c2ccc(C)cc2O)c(O)c1.Cc1ccc(C(=O)c2ccc(C)cc2O)c(O)c1. The number of aromatic hydroxyl groups is 6. The lowest BCUT2D eigenvalue weighted by Crippen LogP contribution is -2.17. The van der Waals surface area contributed by atoms with Gasteiger partial charge in [0.1, 0.15) is 46.0 Å². The summed E-state index contributed by atoms with van der Waals surface area (Å²) >= 11 is 0. The van der Waals surface area contributed by atoms with Crippen molar-refractivity contribution in [2.75, 3.05) is 13.2 Å². The molecule has 0 fully saturated rings. The van der Waals surface area contributed by atoms with Crippen LogP contribution < -0.4 is 9.47 Å². The summed E-state index contributed by atoms with van der Waals surface area (Å²) in [5.74, 6) is -0.930. The van der Waals surface area contributed by atoms with Crippen molar-refractivity contribution in [3.8, 4) is 46.0 Å². The third-order valence-electron chi connectivity index (χ3n) is 9.36. The van der Waals surface area contributed by atoms with Gasteiger partial charge in [0.15, 0.2) is 17.3 Å². The van der Waals surface area contributed by atoms with Gasteiger partial charge in [0.05, 0.1) is 46.6 Å². The smallest absolute Gasteiger partial charge is 0.200 e. The fourth-order valence-corrected chi connectivity index (χ4v) is 5.96. The van der Waals surface area contributed by atoms with Gasteiger partial charge >= 0.3 is 0 Å². The number of hydrogen-bond acceptors (Lipinski definition) is 11. The van der Waals surface area contributed by atoms with E-state index >= 15 is 0 Å². The number of phenolic OH excluding ortho intramolecular Hbond substituents is 6. The van der Waals surface area contributed by atoms with Crippen LogP contribution in [0.25, 0.3) is 0 Å². The topological polar surface area (TPSA) is 191 Å². The summed E-state index contributed by atoms with van der Waals surface area (Å²) in [7, 11) is 0. The first kappa shape index (κ1) is 49.4. The Kier molecular flexibility index (Phi) is 16.0. The highest BCUT2D eigenvalue weighted by molar-refractivity contribution is 6.13. The number of carbonyl (C=O) groups excluding carboxylic acids is 3. The molecular weight excluding hydrogens is 813 g/mol. The molecule has 0 aliphatic carbocycles. The van der Waals surface area contributed by atoms with Crippen molar-refractivity contribution < 1.29 is 54.5 Å². The Labute approximate surface area is 374 Å². The minimum atomic E-state index is -0.472. The Hall–Kier alpha value is -7.27. The molecule has 0 radical (unpaired) electrons. The third-order valence-corrected chi connectivity index (χ3v) is 9.36. The van der Waals surface area contributed by atoms with E-state index < -0.39 is 5.78 Å². The van der Waals surface area contributed by atoms with Gasteiger partial charge in [-0.2, -0.15) is 0 Å². The molecule has 0 spiro atoms. The van der Waals surface area contributed by atoms with Gasteiger partial charge in [-0.25, -0.2) is 0 Å². The minimum absolute atomic E-state index is 0.0211. The largest absolute Gasteiger partial charge is 0.507 e. The summed E-state index contributed by atoms with van der Waals surface area (Å²) < 4.78 is 11.3. The summed E-state index contributed by atoms with van der Waals surface area (Å²) in [5, 5.41) is 59.6. The van der Waals surface area contributed by atoms with Crippen LogP contribution in [0, 0.1) is 38.5 Å². The predicted octanol–water partition coefficient (Wildman–Crippen LogP) is 11.1. The highest BCUT2D eigenvalue weighted by Crippen LogP contribution is 2.33. The standard InChI is InChI=1S/C23H30O5.2C15H14O3/c1-22(2,3)13-27-15-7-9-17(19(24)11-15)21(26)18-10-8-16(12-20(18)25)28-14-23(4,5)6;2*1-9-3-5-11(13(16)7-9)15(18)12-6-4-10(2)8-14(12)17/h7-12,24-25H,13-14H2,1-6H3;2*3-8,16-17H,1-2H3. The lowest BCUT2D eigenvalue weighted by atomic mass is 9.98. The predicted molar refractivity (Wildman–Crippen MR) is 248 cm³/mol. The second-order valence-corrected chi connectivity index (χ2v) is 18.1. The van der Waals surface area contributed by atoms with E-state index in [4.69, 9.17) is 9.47 Å². The van der Waals surface area contributed by atoms with Crippen LogP contribution in [0.1, 0.15) is 112 Å². The highest BCUT2D eigenvalue weighted by Gasteiger charge is 2.21. The Balaban J connectivity index is 0.000000219. The van der Waals surface area contributed by atoms with Crippen molar-refractivity contribution in [2.24, 2.45) is 10.8 Å².